The fraction of sp³-hybridized carbons (Fsp3) is 0.654. The number of amides is 2. The molecule has 0 bridgehead atoms. The van der Waals surface area contributed by atoms with Crippen LogP contribution in [-0.2, 0) is 24.2 Å². The van der Waals surface area contributed by atoms with Crippen molar-refractivity contribution in [2.45, 2.75) is 59.9 Å². The van der Waals surface area contributed by atoms with Crippen LogP contribution in [0.25, 0.3) is 0 Å². The molecule has 1 aliphatic heterocycles. The zero-order chi connectivity index (χ0) is 27.5. The van der Waals surface area contributed by atoms with Crippen LogP contribution in [0.4, 0.5) is 4.39 Å². The number of ether oxygens (including phenoxy) is 1. The summed E-state index contributed by atoms with van der Waals surface area (Å²) in [5.74, 6) is -0.820. The molecule has 2 N–H and O–H groups in total. The van der Waals surface area contributed by atoms with Gasteiger partial charge in [-0.05, 0) is 42.7 Å². The highest BCUT2D eigenvalue weighted by atomic mass is 32.2. The van der Waals surface area contributed by atoms with Gasteiger partial charge in [-0.2, -0.15) is 0 Å². The molecule has 8 nitrogen and oxygen atoms in total. The Morgan fingerprint density at radius 2 is 1.83 bits per heavy atom. The second-order valence-corrected chi connectivity index (χ2v) is 12.4. The van der Waals surface area contributed by atoms with Crippen LogP contribution in [0.5, 0.6) is 0 Å². The van der Waals surface area contributed by atoms with Crippen LogP contribution in [0, 0.1) is 24.1 Å². The third kappa shape index (κ3) is 10.7. The van der Waals surface area contributed by atoms with Gasteiger partial charge in [-0.25, -0.2) is 12.8 Å². The van der Waals surface area contributed by atoms with Crippen molar-refractivity contribution in [3.63, 3.8) is 0 Å². The number of benzene rings is 1. The SMILES string of the molecule is CCC1CCOCC1.CN=C(C(=O)NC(C(=O)NCCS(C)(=O)=O)C(C)(C)C)c1cccc(F)c1C. The highest BCUT2D eigenvalue weighted by molar-refractivity contribution is 7.90. The number of carbonyl (C=O) groups excluding carboxylic acids is 2. The number of carbonyl (C=O) groups is 2. The van der Waals surface area contributed by atoms with E-state index in [9.17, 15) is 22.4 Å². The number of sulfone groups is 1. The van der Waals surface area contributed by atoms with Gasteiger partial charge in [0.1, 0.15) is 27.4 Å². The molecule has 0 radical (unpaired) electrons. The van der Waals surface area contributed by atoms with Crippen LogP contribution in [-0.4, -0.2) is 70.8 Å². The summed E-state index contributed by atoms with van der Waals surface area (Å²) in [6.45, 7) is 11.0. The summed E-state index contributed by atoms with van der Waals surface area (Å²) in [6.07, 6.45) is 4.99. The van der Waals surface area contributed by atoms with Crippen LogP contribution >= 0.6 is 0 Å². The third-order valence-corrected chi connectivity index (χ3v) is 7.00. The summed E-state index contributed by atoms with van der Waals surface area (Å²) in [7, 11) is -1.81. The largest absolute Gasteiger partial charge is 0.381 e. The third-order valence-electron chi connectivity index (χ3n) is 6.06. The van der Waals surface area contributed by atoms with Crippen molar-refractivity contribution in [3.05, 3.63) is 35.1 Å². The van der Waals surface area contributed by atoms with Crippen LogP contribution in [0.2, 0.25) is 0 Å². The summed E-state index contributed by atoms with van der Waals surface area (Å²) < 4.78 is 41.5. The molecule has 1 atom stereocenters. The highest BCUT2D eigenvalue weighted by Gasteiger charge is 2.34. The quantitative estimate of drug-likeness (QED) is 0.505. The van der Waals surface area contributed by atoms with Crippen molar-refractivity contribution in [1.82, 2.24) is 10.6 Å². The molecule has 204 valence electrons. The molecule has 2 amide bonds. The first-order chi connectivity index (χ1) is 16.7. The van der Waals surface area contributed by atoms with Crippen LogP contribution in [0.15, 0.2) is 23.2 Å². The van der Waals surface area contributed by atoms with Crippen molar-refractivity contribution in [2.75, 3.05) is 38.8 Å². The fourth-order valence-corrected chi connectivity index (χ4v) is 4.17. The Kier molecular flexibility index (Phi) is 12.7. The standard InChI is InChI=1S/C19H28FN3O4S.C7H14O/c1-12-13(8-7-9-14(12)20)15(21-5)17(24)23-16(19(2,3)4)18(25)22-10-11-28(6,26)27;1-2-7-3-5-8-6-4-7/h7-9,16H,10-11H2,1-6H3,(H,22,25)(H,23,24);7H,2-6H2,1H3. The fourth-order valence-electron chi connectivity index (χ4n) is 3.70. The minimum Gasteiger partial charge on any atom is -0.381 e. The molecular weight excluding hydrogens is 485 g/mol. The predicted molar refractivity (Wildman–Crippen MR) is 142 cm³/mol. The topological polar surface area (TPSA) is 114 Å². The molecule has 0 saturated carbocycles. The van der Waals surface area contributed by atoms with Crippen LogP contribution in [0.3, 0.4) is 0 Å². The van der Waals surface area contributed by atoms with Gasteiger partial charge in [0.25, 0.3) is 5.91 Å². The van der Waals surface area contributed by atoms with Crippen LogP contribution < -0.4 is 10.6 Å². The van der Waals surface area contributed by atoms with Gasteiger partial charge in [-0.3, -0.25) is 14.6 Å². The van der Waals surface area contributed by atoms with Gasteiger partial charge in [0.15, 0.2) is 0 Å². The molecule has 1 unspecified atom stereocenters. The van der Waals surface area contributed by atoms with Gasteiger partial charge in [-0.15, -0.1) is 0 Å². The summed E-state index contributed by atoms with van der Waals surface area (Å²) in [6, 6.07) is 3.41. The molecule has 36 heavy (non-hydrogen) atoms. The van der Waals surface area contributed by atoms with Crippen molar-refractivity contribution in [3.8, 4) is 0 Å². The van der Waals surface area contributed by atoms with E-state index in [4.69, 9.17) is 4.74 Å². The van der Waals surface area contributed by atoms with E-state index in [1.54, 1.807) is 33.8 Å². The average Bonchev–Trinajstić information content (AvgIpc) is 2.80. The summed E-state index contributed by atoms with van der Waals surface area (Å²) in [4.78, 5) is 29.3. The molecule has 0 aromatic heterocycles. The molecule has 1 aromatic rings. The number of hydrogen-bond donors (Lipinski definition) is 2. The molecule has 0 aliphatic carbocycles. The van der Waals surface area contributed by atoms with Crippen LogP contribution in [0.1, 0.15) is 58.1 Å². The van der Waals surface area contributed by atoms with E-state index in [-0.39, 0.29) is 23.6 Å². The van der Waals surface area contributed by atoms with Crippen molar-refractivity contribution < 1.29 is 27.1 Å². The van der Waals surface area contributed by atoms with Crippen molar-refractivity contribution in [1.29, 1.82) is 0 Å². The number of halogens is 1. The highest BCUT2D eigenvalue weighted by Crippen LogP contribution is 2.20. The molecule has 1 heterocycles. The van der Waals surface area contributed by atoms with Gasteiger partial charge in [0, 0.05) is 38.6 Å². The normalized spacial score (nSPS) is 15.9. The van der Waals surface area contributed by atoms with E-state index >= 15 is 0 Å². The molecule has 1 aromatic carbocycles. The molecule has 1 saturated heterocycles. The number of nitrogens with zero attached hydrogens (tertiary/aromatic N) is 1. The van der Waals surface area contributed by atoms with E-state index < -0.39 is 38.9 Å². The Bertz CT molecular complexity index is 1010. The van der Waals surface area contributed by atoms with E-state index in [0.717, 1.165) is 25.4 Å². The van der Waals surface area contributed by atoms with Gasteiger partial charge in [0.2, 0.25) is 5.91 Å². The Balaban J connectivity index is 0.000000681. The van der Waals surface area contributed by atoms with Gasteiger partial charge in [-0.1, -0.05) is 46.2 Å². The predicted octanol–water partition coefficient (Wildman–Crippen LogP) is 3.07. The van der Waals surface area contributed by atoms with Gasteiger partial charge in [0.05, 0.1) is 5.75 Å². The van der Waals surface area contributed by atoms with E-state index in [2.05, 4.69) is 22.5 Å². The lowest BCUT2D eigenvalue weighted by Gasteiger charge is -2.30. The number of nitrogens with one attached hydrogen (secondary N) is 2. The maximum atomic E-state index is 13.9. The van der Waals surface area contributed by atoms with Crippen molar-refractivity contribution >= 4 is 27.4 Å². The van der Waals surface area contributed by atoms with Gasteiger partial charge < -0.3 is 15.4 Å². The summed E-state index contributed by atoms with van der Waals surface area (Å²) in [5.41, 5.74) is -0.0239. The first kappa shape index (κ1) is 31.7. The number of hydrogen-bond acceptors (Lipinski definition) is 6. The Hall–Kier alpha value is -2.33. The monoisotopic (exact) mass is 527 g/mol. The smallest absolute Gasteiger partial charge is 0.270 e. The van der Waals surface area contributed by atoms with E-state index in [1.165, 1.54) is 38.4 Å². The lowest BCUT2D eigenvalue weighted by molar-refractivity contribution is -0.129. The molecule has 1 fully saturated rings. The minimum absolute atomic E-state index is 0.00943. The molecule has 1 aliphatic rings. The van der Waals surface area contributed by atoms with Crippen molar-refractivity contribution in [2.24, 2.45) is 16.3 Å². The molecule has 10 heteroatoms. The average molecular weight is 528 g/mol. The van der Waals surface area contributed by atoms with E-state index in [0.29, 0.717) is 5.56 Å². The van der Waals surface area contributed by atoms with Gasteiger partial charge >= 0.3 is 0 Å². The molecule has 2 rings (SSSR count). The zero-order valence-electron chi connectivity index (χ0n) is 22.6. The zero-order valence-corrected chi connectivity index (χ0v) is 23.4. The second-order valence-electron chi connectivity index (χ2n) is 10.1. The lowest BCUT2D eigenvalue weighted by Crippen LogP contribution is -2.55. The Morgan fingerprint density at radius 1 is 1.22 bits per heavy atom. The summed E-state index contributed by atoms with van der Waals surface area (Å²) >= 11 is 0. The lowest BCUT2D eigenvalue weighted by atomic mass is 9.85. The second kappa shape index (κ2) is 14.4. The number of aliphatic imine (C=N–C) groups is 1. The van der Waals surface area contributed by atoms with E-state index in [1.807, 2.05) is 0 Å². The number of rotatable bonds is 8. The maximum Gasteiger partial charge on any atom is 0.270 e. The first-order valence-electron chi connectivity index (χ1n) is 12.3. The molecule has 0 spiro atoms. The Labute approximate surface area is 215 Å². The first-order valence-corrected chi connectivity index (χ1v) is 14.3. The Morgan fingerprint density at radius 3 is 2.31 bits per heavy atom. The summed E-state index contributed by atoms with van der Waals surface area (Å²) in [5, 5.41) is 5.18. The molecular formula is C26H42FN3O5S. The minimum atomic E-state index is -3.22. The maximum absolute atomic E-state index is 13.9.